The summed E-state index contributed by atoms with van der Waals surface area (Å²) in [5, 5.41) is 9.22. The molecule has 0 aliphatic carbocycles. The van der Waals surface area contributed by atoms with Crippen LogP contribution in [0, 0.1) is 11.3 Å². The van der Waals surface area contributed by atoms with E-state index < -0.39 is 11.7 Å². The highest BCUT2D eigenvalue weighted by Crippen LogP contribution is 2.33. The molecule has 0 fully saturated rings. The van der Waals surface area contributed by atoms with Crippen LogP contribution in [0.5, 0.6) is 0 Å². The van der Waals surface area contributed by atoms with Crippen molar-refractivity contribution in [1.29, 1.82) is 5.26 Å². The maximum Gasteiger partial charge on any atom is 0.417 e. The first-order valence-corrected chi connectivity index (χ1v) is 4.11. The topological polar surface area (TPSA) is 39.6 Å². The molecule has 0 aliphatic heterocycles. The summed E-state index contributed by atoms with van der Waals surface area (Å²) in [7, 11) is 0. The van der Waals surface area contributed by atoms with E-state index in [9.17, 15) is 13.2 Å². The fourth-order valence-electron chi connectivity index (χ4n) is 1.43. The number of H-pyrrole nitrogens is 1. The van der Waals surface area contributed by atoms with Crippen LogP contribution in [0.3, 0.4) is 0 Å². The molecule has 1 aromatic heterocycles. The van der Waals surface area contributed by atoms with E-state index in [0.717, 1.165) is 6.07 Å². The van der Waals surface area contributed by atoms with Crippen LogP contribution in [0.25, 0.3) is 10.9 Å². The molecule has 0 aliphatic rings. The van der Waals surface area contributed by atoms with E-state index >= 15 is 0 Å². The lowest BCUT2D eigenvalue weighted by atomic mass is 10.1. The second-order valence-corrected chi connectivity index (χ2v) is 3.07. The fraction of sp³-hybridized carbons (Fsp3) is 0.100. The molecule has 2 nitrogen and oxygen atoms in total. The van der Waals surface area contributed by atoms with Crippen molar-refractivity contribution in [2.45, 2.75) is 6.18 Å². The number of halogens is 3. The Morgan fingerprint density at radius 1 is 1.27 bits per heavy atom. The Morgan fingerprint density at radius 3 is 2.60 bits per heavy atom. The molecule has 0 saturated heterocycles. The van der Waals surface area contributed by atoms with Gasteiger partial charge in [0.2, 0.25) is 0 Å². The van der Waals surface area contributed by atoms with E-state index in [4.69, 9.17) is 5.26 Å². The maximum absolute atomic E-state index is 12.5. The second kappa shape index (κ2) is 3.02. The largest absolute Gasteiger partial charge is 0.417 e. The average Bonchev–Trinajstić information content (AvgIpc) is 2.60. The van der Waals surface area contributed by atoms with Crippen molar-refractivity contribution >= 4 is 10.9 Å². The van der Waals surface area contributed by atoms with Gasteiger partial charge in [0, 0.05) is 17.1 Å². The zero-order chi connectivity index (χ0) is 11.1. The highest BCUT2D eigenvalue weighted by atomic mass is 19.4. The van der Waals surface area contributed by atoms with E-state index in [-0.39, 0.29) is 5.56 Å². The molecule has 2 rings (SSSR count). The molecular formula is C10H5F3N2. The van der Waals surface area contributed by atoms with Gasteiger partial charge in [-0.1, -0.05) is 0 Å². The number of aromatic amines is 1. The predicted octanol–water partition coefficient (Wildman–Crippen LogP) is 3.06. The van der Waals surface area contributed by atoms with Crippen LogP contribution < -0.4 is 0 Å². The quantitative estimate of drug-likeness (QED) is 0.713. The summed E-state index contributed by atoms with van der Waals surface area (Å²) in [5.41, 5.74) is -0.879. The third kappa shape index (κ3) is 1.54. The summed E-state index contributed by atoms with van der Waals surface area (Å²) < 4.78 is 37.5. The molecular weight excluding hydrogens is 205 g/mol. The molecule has 0 atom stereocenters. The van der Waals surface area contributed by atoms with Crippen LogP contribution in [0.15, 0.2) is 24.4 Å². The molecule has 1 aromatic carbocycles. The molecule has 76 valence electrons. The smallest absolute Gasteiger partial charge is 0.361 e. The zero-order valence-electron chi connectivity index (χ0n) is 7.39. The lowest BCUT2D eigenvalue weighted by Crippen LogP contribution is -2.07. The molecule has 2 aromatic rings. The lowest BCUT2D eigenvalue weighted by molar-refractivity contribution is -0.137. The van der Waals surface area contributed by atoms with Gasteiger partial charge in [-0.3, -0.25) is 0 Å². The van der Waals surface area contributed by atoms with Gasteiger partial charge in [-0.15, -0.1) is 0 Å². The first kappa shape index (κ1) is 9.59. The van der Waals surface area contributed by atoms with Crippen molar-refractivity contribution in [2.24, 2.45) is 0 Å². The zero-order valence-corrected chi connectivity index (χ0v) is 7.39. The molecule has 0 spiro atoms. The van der Waals surface area contributed by atoms with Gasteiger partial charge in [0.25, 0.3) is 0 Å². The van der Waals surface area contributed by atoms with E-state index in [2.05, 4.69) is 4.98 Å². The summed E-state index contributed by atoms with van der Waals surface area (Å²) in [6.45, 7) is 0. The van der Waals surface area contributed by atoms with Crippen molar-refractivity contribution < 1.29 is 13.2 Å². The Bertz CT molecular complexity index is 546. The van der Waals surface area contributed by atoms with Crippen molar-refractivity contribution in [3.63, 3.8) is 0 Å². The Balaban J connectivity index is 2.77. The van der Waals surface area contributed by atoms with Gasteiger partial charge in [0.05, 0.1) is 17.2 Å². The van der Waals surface area contributed by atoms with Crippen molar-refractivity contribution in [3.05, 3.63) is 35.5 Å². The number of nitrogens with one attached hydrogen (secondary N) is 1. The SMILES string of the molecule is N#Cc1cc2cc[nH]c2cc1C(F)(F)F. The van der Waals surface area contributed by atoms with E-state index in [0.29, 0.717) is 10.9 Å². The molecule has 5 heteroatoms. The molecule has 0 radical (unpaired) electrons. The number of benzene rings is 1. The van der Waals surface area contributed by atoms with Crippen LogP contribution >= 0.6 is 0 Å². The van der Waals surface area contributed by atoms with Crippen LogP contribution in [0.4, 0.5) is 13.2 Å². The number of alkyl halides is 3. The van der Waals surface area contributed by atoms with E-state index in [1.165, 1.54) is 12.3 Å². The van der Waals surface area contributed by atoms with Crippen molar-refractivity contribution in [1.82, 2.24) is 4.98 Å². The summed E-state index contributed by atoms with van der Waals surface area (Å²) in [6, 6.07) is 5.35. The van der Waals surface area contributed by atoms with Gasteiger partial charge in [0.1, 0.15) is 0 Å². The fourth-order valence-corrected chi connectivity index (χ4v) is 1.43. The van der Waals surface area contributed by atoms with Gasteiger partial charge in [-0.05, 0) is 18.2 Å². The Morgan fingerprint density at radius 2 is 2.00 bits per heavy atom. The van der Waals surface area contributed by atoms with Crippen LogP contribution in [0.1, 0.15) is 11.1 Å². The minimum absolute atomic E-state index is 0.352. The number of hydrogen-bond acceptors (Lipinski definition) is 1. The summed E-state index contributed by atoms with van der Waals surface area (Å²) in [6.07, 6.45) is -2.96. The highest BCUT2D eigenvalue weighted by molar-refractivity contribution is 5.82. The van der Waals surface area contributed by atoms with Crippen LogP contribution in [-0.2, 0) is 6.18 Å². The summed E-state index contributed by atoms with van der Waals surface area (Å²) in [5.74, 6) is 0. The first-order valence-electron chi connectivity index (χ1n) is 4.11. The van der Waals surface area contributed by atoms with E-state index in [1.807, 2.05) is 0 Å². The third-order valence-electron chi connectivity index (χ3n) is 2.12. The van der Waals surface area contributed by atoms with E-state index in [1.54, 1.807) is 12.1 Å². The number of rotatable bonds is 0. The highest BCUT2D eigenvalue weighted by Gasteiger charge is 2.33. The molecule has 1 N–H and O–H groups in total. The molecule has 0 saturated carbocycles. The summed E-state index contributed by atoms with van der Waals surface area (Å²) in [4.78, 5) is 2.67. The summed E-state index contributed by atoms with van der Waals surface area (Å²) >= 11 is 0. The van der Waals surface area contributed by atoms with Crippen molar-refractivity contribution in [2.75, 3.05) is 0 Å². The van der Waals surface area contributed by atoms with Crippen LogP contribution in [0.2, 0.25) is 0 Å². The van der Waals surface area contributed by atoms with Crippen molar-refractivity contribution in [3.8, 4) is 6.07 Å². The number of aromatic nitrogens is 1. The second-order valence-electron chi connectivity index (χ2n) is 3.07. The maximum atomic E-state index is 12.5. The van der Waals surface area contributed by atoms with Gasteiger partial charge < -0.3 is 4.98 Å². The Labute approximate surface area is 82.9 Å². The van der Waals surface area contributed by atoms with Gasteiger partial charge in [0.15, 0.2) is 0 Å². The molecule has 0 amide bonds. The van der Waals surface area contributed by atoms with Gasteiger partial charge >= 0.3 is 6.18 Å². The number of nitriles is 1. The van der Waals surface area contributed by atoms with Gasteiger partial charge in [-0.2, -0.15) is 18.4 Å². The molecule has 1 heterocycles. The minimum atomic E-state index is -4.50. The monoisotopic (exact) mass is 210 g/mol. The predicted molar refractivity (Wildman–Crippen MR) is 48.0 cm³/mol. The minimum Gasteiger partial charge on any atom is -0.361 e. The number of hydrogen-bond donors (Lipinski definition) is 1. The normalized spacial score (nSPS) is 11.6. The first-order chi connectivity index (χ1) is 7.02. The number of nitrogens with zero attached hydrogens (tertiary/aromatic N) is 1. The molecule has 0 bridgehead atoms. The third-order valence-corrected chi connectivity index (χ3v) is 2.12. The standard InChI is InChI=1S/C10H5F3N2/c11-10(12,13)8-4-9-6(1-2-15-9)3-7(8)5-14/h1-4,15H. The Kier molecular flexibility index (Phi) is 1.93. The van der Waals surface area contributed by atoms with Crippen LogP contribution in [-0.4, -0.2) is 4.98 Å². The Hall–Kier alpha value is -1.96. The lowest BCUT2D eigenvalue weighted by Gasteiger charge is -2.08. The van der Waals surface area contributed by atoms with Gasteiger partial charge in [-0.25, -0.2) is 0 Å². The average molecular weight is 210 g/mol. The molecule has 0 unspecified atom stereocenters. The number of fused-ring (bicyclic) bond motifs is 1. The molecule has 15 heavy (non-hydrogen) atoms.